The lowest BCUT2D eigenvalue weighted by Crippen LogP contribution is -2.52. The lowest BCUT2D eigenvalue weighted by Gasteiger charge is -2.29. The Morgan fingerprint density at radius 2 is 2.04 bits per heavy atom. The number of imide groups is 1. The molecule has 4 atom stereocenters. The average molecular weight is 382 g/mol. The number of piperidine rings is 1. The summed E-state index contributed by atoms with van der Waals surface area (Å²) in [6, 6.07) is 6.41. The molecule has 5 rings (SSSR count). The fraction of sp³-hybridized carbons (Fsp3) is 0.571. The van der Waals surface area contributed by atoms with Gasteiger partial charge in [-0.15, -0.1) is 0 Å². The van der Waals surface area contributed by atoms with E-state index in [9.17, 15) is 14.4 Å². The lowest BCUT2D eigenvalue weighted by molar-refractivity contribution is -0.136. The molecule has 3 N–H and O–H groups in total. The topological polar surface area (TPSA) is 90.5 Å². The van der Waals surface area contributed by atoms with Gasteiger partial charge in [-0.25, -0.2) is 0 Å². The number of nitrogens with zero attached hydrogens (tertiary/aromatic N) is 1. The summed E-state index contributed by atoms with van der Waals surface area (Å²) in [6.07, 6.45) is 4.54. The summed E-state index contributed by atoms with van der Waals surface area (Å²) in [5.41, 5.74) is 2.83. The Bertz CT molecular complexity index is 839. The van der Waals surface area contributed by atoms with E-state index in [4.69, 9.17) is 0 Å². The first-order valence-corrected chi connectivity index (χ1v) is 10.3. The highest BCUT2D eigenvalue weighted by molar-refractivity contribution is 6.05. The molecule has 3 amide bonds. The van der Waals surface area contributed by atoms with Gasteiger partial charge in [0.2, 0.25) is 11.8 Å². The molecule has 3 heterocycles. The monoisotopic (exact) mass is 382 g/mol. The summed E-state index contributed by atoms with van der Waals surface area (Å²) < 4.78 is 0. The van der Waals surface area contributed by atoms with E-state index in [2.05, 4.69) is 22.0 Å². The highest BCUT2D eigenvalue weighted by Crippen LogP contribution is 2.33. The molecule has 0 radical (unpaired) electrons. The Morgan fingerprint density at radius 1 is 1.14 bits per heavy atom. The number of hydrogen-bond acceptors (Lipinski definition) is 5. The van der Waals surface area contributed by atoms with Crippen molar-refractivity contribution in [1.29, 1.82) is 0 Å². The van der Waals surface area contributed by atoms with Crippen LogP contribution in [0, 0.1) is 5.92 Å². The van der Waals surface area contributed by atoms with Crippen molar-refractivity contribution >= 4 is 17.7 Å². The van der Waals surface area contributed by atoms with E-state index < -0.39 is 6.04 Å². The normalized spacial score (nSPS) is 31.9. The first-order valence-electron chi connectivity index (χ1n) is 10.3. The van der Waals surface area contributed by atoms with Crippen LogP contribution in [0.5, 0.6) is 0 Å². The predicted molar refractivity (Wildman–Crippen MR) is 102 cm³/mol. The van der Waals surface area contributed by atoms with Gasteiger partial charge in [0.15, 0.2) is 0 Å². The molecule has 148 valence electrons. The van der Waals surface area contributed by atoms with Crippen LogP contribution in [0.3, 0.4) is 0 Å². The zero-order valence-electron chi connectivity index (χ0n) is 15.9. The number of rotatable bonds is 4. The summed E-state index contributed by atoms with van der Waals surface area (Å²) in [7, 11) is 0. The lowest BCUT2D eigenvalue weighted by atomic mass is 9.98. The minimum Gasteiger partial charge on any atom is -0.322 e. The van der Waals surface area contributed by atoms with E-state index in [1.807, 2.05) is 12.1 Å². The molecule has 1 aromatic carbocycles. The van der Waals surface area contributed by atoms with Crippen LogP contribution in [0.2, 0.25) is 0 Å². The number of benzene rings is 1. The third-order valence-corrected chi connectivity index (χ3v) is 6.92. The van der Waals surface area contributed by atoms with Gasteiger partial charge in [0, 0.05) is 43.7 Å². The SMILES string of the molecule is O=C1CCC(N2Cc3c(CNC4CNC5CCCC54)cccc3C2=O)C(=O)N1. The van der Waals surface area contributed by atoms with E-state index in [0.717, 1.165) is 24.2 Å². The largest absolute Gasteiger partial charge is 0.322 e. The smallest absolute Gasteiger partial charge is 0.255 e. The van der Waals surface area contributed by atoms with E-state index in [1.165, 1.54) is 19.3 Å². The summed E-state index contributed by atoms with van der Waals surface area (Å²) in [6.45, 7) is 2.17. The van der Waals surface area contributed by atoms with Crippen molar-refractivity contribution in [1.82, 2.24) is 20.9 Å². The molecule has 0 spiro atoms. The Labute approximate surface area is 164 Å². The fourth-order valence-corrected chi connectivity index (χ4v) is 5.43. The first-order chi connectivity index (χ1) is 13.6. The summed E-state index contributed by atoms with van der Waals surface area (Å²) in [5.74, 6) is -0.0184. The van der Waals surface area contributed by atoms with Crippen LogP contribution in [-0.2, 0) is 22.7 Å². The zero-order chi connectivity index (χ0) is 19.3. The quantitative estimate of drug-likeness (QED) is 0.666. The summed E-state index contributed by atoms with van der Waals surface area (Å²) in [5, 5.41) is 9.69. The fourth-order valence-electron chi connectivity index (χ4n) is 5.43. The van der Waals surface area contributed by atoms with Crippen molar-refractivity contribution in [2.45, 2.75) is 63.3 Å². The molecule has 7 nitrogen and oxygen atoms in total. The van der Waals surface area contributed by atoms with E-state index in [-0.39, 0.29) is 24.1 Å². The van der Waals surface area contributed by atoms with Crippen LogP contribution in [0.1, 0.15) is 53.6 Å². The van der Waals surface area contributed by atoms with Crippen molar-refractivity contribution in [2.75, 3.05) is 6.54 Å². The predicted octanol–water partition coefficient (Wildman–Crippen LogP) is 0.678. The third-order valence-electron chi connectivity index (χ3n) is 6.92. The van der Waals surface area contributed by atoms with Gasteiger partial charge in [-0.05, 0) is 42.4 Å². The number of hydrogen-bond donors (Lipinski definition) is 3. The van der Waals surface area contributed by atoms with E-state index >= 15 is 0 Å². The van der Waals surface area contributed by atoms with Crippen molar-refractivity contribution in [3.8, 4) is 0 Å². The molecular weight excluding hydrogens is 356 g/mol. The second-order valence-electron chi connectivity index (χ2n) is 8.44. The van der Waals surface area contributed by atoms with Crippen LogP contribution < -0.4 is 16.0 Å². The number of amides is 3. The maximum absolute atomic E-state index is 12.9. The van der Waals surface area contributed by atoms with Crippen LogP contribution in [-0.4, -0.2) is 47.3 Å². The van der Waals surface area contributed by atoms with Crippen molar-refractivity contribution in [2.24, 2.45) is 5.92 Å². The Balaban J connectivity index is 1.31. The molecule has 0 aromatic heterocycles. The maximum Gasteiger partial charge on any atom is 0.255 e. The summed E-state index contributed by atoms with van der Waals surface area (Å²) in [4.78, 5) is 38.2. The highest BCUT2D eigenvalue weighted by atomic mass is 16.2. The number of fused-ring (bicyclic) bond motifs is 2. The third kappa shape index (κ3) is 2.93. The molecule has 4 unspecified atom stereocenters. The molecular formula is C21H26N4O3. The standard InChI is InChI=1S/C21H26N4O3/c26-19-8-7-18(20(27)24-19)25-11-15-12(3-1-4-13(15)21(25)28)9-22-17-10-23-16-6-2-5-14(16)17/h1,3-4,14,16-18,22-23H,2,5-11H2,(H,24,26,27). The zero-order valence-corrected chi connectivity index (χ0v) is 15.9. The average Bonchev–Trinajstić information content (AvgIpc) is 3.36. The molecule has 3 aliphatic heterocycles. The van der Waals surface area contributed by atoms with E-state index in [1.54, 1.807) is 4.90 Å². The molecule has 0 bridgehead atoms. The maximum atomic E-state index is 12.9. The van der Waals surface area contributed by atoms with Gasteiger partial charge in [-0.3, -0.25) is 19.7 Å². The van der Waals surface area contributed by atoms with Crippen LogP contribution >= 0.6 is 0 Å². The van der Waals surface area contributed by atoms with Gasteiger partial charge in [0.05, 0.1) is 0 Å². The van der Waals surface area contributed by atoms with Gasteiger partial charge >= 0.3 is 0 Å². The van der Waals surface area contributed by atoms with Gasteiger partial charge in [-0.1, -0.05) is 18.6 Å². The molecule has 28 heavy (non-hydrogen) atoms. The number of carbonyl (C=O) groups is 3. The van der Waals surface area contributed by atoms with Crippen LogP contribution in [0.25, 0.3) is 0 Å². The highest BCUT2D eigenvalue weighted by Gasteiger charge is 2.41. The Hall–Kier alpha value is -2.25. The number of carbonyl (C=O) groups excluding carboxylic acids is 3. The van der Waals surface area contributed by atoms with Crippen LogP contribution in [0.15, 0.2) is 18.2 Å². The van der Waals surface area contributed by atoms with Gasteiger partial charge in [-0.2, -0.15) is 0 Å². The Morgan fingerprint density at radius 3 is 2.89 bits per heavy atom. The van der Waals surface area contributed by atoms with Crippen LogP contribution in [0.4, 0.5) is 0 Å². The first kappa shape index (κ1) is 17.8. The second kappa shape index (κ2) is 6.97. The van der Waals surface area contributed by atoms with Gasteiger partial charge in [0.1, 0.15) is 6.04 Å². The molecule has 3 fully saturated rings. The van der Waals surface area contributed by atoms with Gasteiger partial charge in [0.25, 0.3) is 5.91 Å². The van der Waals surface area contributed by atoms with E-state index in [0.29, 0.717) is 36.5 Å². The van der Waals surface area contributed by atoms with Gasteiger partial charge < -0.3 is 15.5 Å². The molecule has 1 aliphatic carbocycles. The van der Waals surface area contributed by atoms with Crippen molar-refractivity contribution in [3.63, 3.8) is 0 Å². The molecule has 7 heteroatoms. The summed E-state index contributed by atoms with van der Waals surface area (Å²) >= 11 is 0. The Kier molecular flexibility index (Phi) is 4.44. The molecule has 4 aliphatic rings. The molecule has 1 saturated carbocycles. The molecule has 2 saturated heterocycles. The van der Waals surface area contributed by atoms with Crippen molar-refractivity contribution < 1.29 is 14.4 Å². The minimum absolute atomic E-state index is 0.107. The second-order valence-corrected chi connectivity index (χ2v) is 8.44. The minimum atomic E-state index is -0.559. The molecule has 1 aromatic rings. The number of nitrogens with one attached hydrogen (secondary N) is 3. The van der Waals surface area contributed by atoms with Crippen molar-refractivity contribution in [3.05, 3.63) is 34.9 Å².